The van der Waals surface area contributed by atoms with Gasteiger partial charge >= 0.3 is 0 Å². The number of nitrogens with one attached hydrogen (secondary N) is 1. The van der Waals surface area contributed by atoms with E-state index in [0.717, 1.165) is 23.0 Å². The predicted molar refractivity (Wildman–Crippen MR) is 59.2 cm³/mol. The molecular weight excluding hydrogens is 210 g/mol. The van der Waals surface area contributed by atoms with Crippen LogP contribution in [0.1, 0.15) is 11.4 Å². The van der Waals surface area contributed by atoms with Crippen molar-refractivity contribution in [1.29, 1.82) is 0 Å². The van der Waals surface area contributed by atoms with Gasteiger partial charge in [0.15, 0.2) is 10.5 Å². The number of ether oxygens (including phenoxy) is 1. The van der Waals surface area contributed by atoms with Crippen LogP contribution in [0.2, 0.25) is 0 Å². The topological polar surface area (TPSA) is 54.5 Å². The van der Waals surface area contributed by atoms with E-state index >= 15 is 0 Å². The number of nitrogens with zero attached hydrogens (tertiary/aromatic N) is 1. The molecule has 0 radical (unpaired) electrons. The van der Waals surface area contributed by atoms with Crippen LogP contribution in [0.5, 0.6) is 0 Å². The van der Waals surface area contributed by atoms with Gasteiger partial charge in [0, 0.05) is 17.8 Å². The maximum atomic E-state index is 5.12. The molecule has 0 aliphatic carbocycles. The fourth-order valence-corrected chi connectivity index (χ4v) is 1.69. The zero-order valence-electron chi connectivity index (χ0n) is 8.57. The minimum atomic E-state index is 0.505. The summed E-state index contributed by atoms with van der Waals surface area (Å²) >= 11 is 5.02. The summed E-state index contributed by atoms with van der Waals surface area (Å²) in [6, 6.07) is 1.96. The Bertz CT molecular complexity index is 502. The van der Waals surface area contributed by atoms with E-state index in [-0.39, 0.29) is 0 Å². The standard InChI is InChI=1S/C10H11N3OS/c1-6-5-8(13-10(15)11-6)7-3-4-9(12-7)14-2/h3-5,12H,1-2H3,(H,11,13,15)/p+1. The lowest BCUT2D eigenvalue weighted by Crippen LogP contribution is -2.77. The summed E-state index contributed by atoms with van der Waals surface area (Å²) < 4.78 is 5.62. The molecule has 3 N–H and O–H groups in total. The number of aromatic nitrogens is 2. The highest BCUT2D eigenvalue weighted by Crippen LogP contribution is 2.09. The number of rotatable bonds is 2. The van der Waals surface area contributed by atoms with Gasteiger partial charge in [-0.25, -0.2) is 10.3 Å². The van der Waals surface area contributed by atoms with Crippen LogP contribution < -0.4 is 5.32 Å². The van der Waals surface area contributed by atoms with E-state index < -0.39 is 0 Å². The molecule has 0 saturated heterocycles. The van der Waals surface area contributed by atoms with Gasteiger partial charge in [-0.2, -0.15) is 0 Å². The zero-order valence-corrected chi connectivity index (χ0v) is 9.39. The first-order chi connectivity index (χ1) is 7.19. The van der Waals surface area contributed by atoms with Gasteiger partial charge in [-0.15, -0.1) is 0 Å². The van der Waals surface area contributed by atoms with Crippen LogP contribution in [0.4, 0.5) is 0 Å². The van der Waals surface area contributed by atoms with Gasteiger partial charge < -0.3 is 9.72 Å². The summed E-state index contributed by atoms with van der Waals surface area (Å²) in [4.78, 5) is 7.23. The largest absolute Gasteiger partial charge is 0.455 e. The van der Waals surface area contributed by atoms with Crippen molar-refractivity contribution >= 4 is 17.9 Å². The van der Waals surface area contributed by atoms with Gasteiger partial charge in [0.2, 0.25) is 0 Å². The minimum Gasteiger partial charge on any atom is -0.455 e. The first-order valence-electron chi connectivity index (χ1n) is 4.58. The van der Waals surface area contributed by atoms with Gasteiger partial charge in [0.05, 0.1) is 7.11 Å². The van der Waals surface area contributed by atoms with Gasteiger partial charge in [0.1, 0.15) is 5.69 Å². The number of nitrogens with two attached hydrogens (primary N) is 1. The second-order valence-corrected chi connectivity index (χ2v) is 3.68. The summed E-state index contributed by atoms with van der Waals surface area (Å²) in [7, 11) is 1.65. The van der Waals surface area contributed by atoms with E-state index in [4.69, 9.17) is 17.0 Å². The van der Waals surface area contributed by atoms with E-state index in [1.54, 1.807) is 7.11 Å². The quantitative estimate of drug-likeness (QED) is 0.729. The van der Waals surface area contributed by atoms with Crippen LogP contribution in [-0.2, 0) is 4.74 Å². The van der Waals surface area contributed by atoms with E-state index in [2.05, 4.69) is 9.97 Å². The van der Waals surface area contributed by atoms with Crippen LogP contribution in [0, 0.1) is 11.7 Å². The SMILES string of the molecule is COC1=CC=C(c2cc(C)[nH]c(=S)n2)[NH2+]1. The van der Waals surface area contributed by atoms with Gasteiger partial charge in [-0.1, -0.05) is 0 Å². The Kier molecular flexibility index (Phi) is 2.66. The first kappa shape index (κ1) is 10.1. The Morgan fingerprint density at radius 3 is 2.87 bits per heavy atom. The number of hydrogen-bond donors (Lipinski definition) is 2. The Hall–Kier alpha value is -1.46. The molecule has 4 nitrogen and oxygen atoms in total. The number of allylic oxidation sites excluding steroid dienone is 2. The number of quaternary nitrogens is 1. The van der Waals surface area contributed by atoms with Crippen molar-refractivity contribution in [1.82, 2.24) is 9.97 Å². The van der Waals surface area contributed by atoms with Crippen molar-refractivity contribution in [3.63, 3.8) is 0 Å². The molecule has 0 spiro atoms. The van der Waals surface area contributed by atoms with Crippen molar-refractivity contribution in [2.75, 3.05) is 7.11 Å². The van der Waals surface area contributed by atoms with Crippen molar-refractivity contribution in [3.8, 4) is 0 Å². The van der Waals surface area contributed by atoms with E-state index in [1.165, 1.54) is 0 Å². The van der Waals surface area contributed by atoms with Crippen LogP contribution >= 0.6 is 12.2 Å². The molecule has 0 aromatic carbocycles. The highest BCUT2D eigenvalue weighted by Gasteiger charge is 2.16. The fourth-order valence-electron chi connectivity index (χ4n) is 1.44. The summed E-state index contributed by atoms with van der Waals surface area (Å²) in [5, 5.41) is 1.94. The molecular formula is C10H12N3OS+. The molecule has 0 bridgehead atoms. The lowest BCUT2D eigenvalue weighted by molar-refractivity contribution is -0.537. The van der Waals surface area contributed by atoms with E-state index in [0.29, 0.717) is 4.77 Å². The maximum Gasteiger partial charge on any atom is 0.293 e. The van der Waals surface area contributed by atoms with Crippen LogP contribution in [0.3, 0.4) is 0 Å². The molecule has 1 aromatic heterocycles. The molecule has 0 saturated carbocycles. The molecule has 0 unspecified atom stereocenters. The third kappa shape index (κ3) is 2.14. The summed E-state index contributed by atoms with van der Waals surface area (Å²) in [6.07, 6.45) is 3.88. The molecule has 1 aliphatic rings. The van der Waals surface area contributed by atoms with Crippen molar-refractivity contribution in [3.05, 3.63) is 40.3 Å². The average Bonchev–Trinajstić information content (AvgIpc) is 2.64. The fraction of sp³-hybridized carbons (Fsp3) is 0.200. The van der Waals surface area contributed by atoms with Gasteiger partial charge in [-0.05, 0) is 25.2 Å². The molecule has 1 aliphatic heterocycles. The number of aromatic amines is 1. The van der Waals surface area contributed by atoms with E-state index in [1.807, 2.05) is 30.5 Å². The lowest BCUT2D eigenvalue weighted by atomic mass is 10.2. The van der Waals surface area contributed by atoms with Crippen LogP contribution in [0.15, 0.2) is 24.1 Å². The highest BCUT2D eigenvalue weighted by atomic mass is 32.1. The number of hydrogen-bond acceptors (Lipinski definition) is 3. The monoisotopic (exact) mass is 222 g/mol. The zero-order chi connectivity index (χ0) is 10.8. The maximum absolute atomic E-state index is 5.12. The van der Waals surface area contributed by atoms with Gasteiger partial charge in [-0.3, -0.25) is 0 Å². The van der Waals surface area contributed by atoms with Gasteiger partial charge in [0.25, 0.3) is 5.88 Å². The molecule has 2 rings (SSSR count). The van der Waals surface area contributed by atoms with Crippen molar-refractivity contribution < 1.29 is 10.1 Å². The third-order valence-corrected chi connectivity index (χ3v) is 2.33. The lowest BCUT2D eigenvalue weighted by Gasteiger charge is -2.02. The Morgan fingerprint density at radius 1 is 1.47 bits per heavy atom. The predicted octanol–water partition coefficient (Wildman–Crippen LogP) is 0.853. The summed E-state index contributed by atoms with van der Waals surface area (Å²) in [6.45, 7) is 1.96. The molecule has 15 heavy (non-hydrogen) atoms. The van der Waals surface area contributed by atoms with Crippen molar-refractivity contribution in [2.24, 2.45) is 0 Å². The third-order valence-electron chi connectivity index (χ3n) is 2.14. The normalized spacial score (nSPS) is 14.8. The van der Waals surface area contributed by atoms with E-state index in [9.17, 15) is 0 Å². The first-order valence-corrected chi connectivity index (χ1v) is 4.99. The Morgan fingerprint density at radius 2 is 2.27 bits per heavy atom. The smallest absolute Gasteiger partial charge is 0.293 e. The highest BCUT2D eigenvalue weighted by molar-refractivity contribution is 7.71. The molecule has 5 heteroatoms. The number of aryl methyl sites for hydroxylation is 1. The number of H-pyrrole nitrogens is 1. The minimum absolute atomic E-state index is 0.505. The second-order valence-electron chi connectivity index (χ2n) is 3.29. The Balaban J connectivity index is 2.30. The molecule has 78 valence electrons. The summed E-state index contributed by atoms with van der Waals surface area (Å²) in [5.74, 6) is 0.836. The molecule has 0 amide bonds. The van der Waals surface area contributed by atoms with Crippen molar-refractivity contribution in [2.45, 2.75) is 6.92 Å². The molecule has 0 fully saturated rings. The molecule has 2 heterocycles. The Labute approximate surface area is 92.7 Å². The van der Waals surface area contributed by atoms with Crippen LogP contribution in [0.25, 0.3) is 5.70 Å². The van der Waals surface area contributed by atoms with Crippen LogP contribution in [-0.4, -0.2) is 17.1 Å². The second kappa shape index (κ2) is 3.96. The summed E-state index contributed by atoms with van der Waals surface area (Å²) in [5.41, 5.74) is 2.90. The molecule has 1 aromatic rings. The number of methoxy groups -OCH3 is 1. The average molecular weight is 222 g/mol. The molecule has 0 atom stereocenters.